The molecule has 6 nitrogen and oxygen atoms in total. The van der Waals surface area contributed by atoms with Crippen molar-refractivity contribution in [3.05, 3.63) is 29.6 Å². The minimum Gasteiger partial charge on any atom is -0.392 e. The van der Waals surface area contributed by atoms with Crippen molar-refractivity contribution in [1.82, 2.24) is 19.4 Å². The number of imidazole rings is 1. The number of amides is 1. The minimum atomic E-state index is -0.0666. The zero-order valence-electron chi connectivity index (χ0n) is 13.7. The molecule has 3 saturated heterocycles. The molecule has 4 aliphatic rings. The Hall–Kier alpha value is -1.92. The van der Waals surface area contributed by atoms with Gasteiger partial charge in [0.1, 0.15) is 0 Å². The molecule has 1 atom stereocenters. The quantitative estimate of drug-likeness (QED) is 0.897. The van der Waals surface area contributed by atoms with Gasteiger partial charge in [-0.05, 0) is 49.5 Å². The Labute approximate surface area is 140 Å². The van der Waals surface area contributed by atoms with E-state index >= 15 is 0 Å². The van der Waals surface area contributed by atoms with Crippen molar-refractivity contribution < 1.29 is 9.90 Å². The number of carbonyl (C=O) groups is 1. The highest BCUT2D eigenvalue weighted by atomic mass is 16.3. The van der Waals surface area contributed by atoms with E-state index in [1.54, 1.807) is 0 Å². The van der Waals surface area contributed by atoms with E-state index < -0.39 is 0 Å². The van der Waals surface area contributed by atoms with Crippen LogP contribution in [0.2, 0.25) is 0 Å². The van der Waals surface area contributed by atoms with Crippen LogP contribution in [0.5, 0.6) is 0 Å². The summed E-state index contributed by atoms with van der Waals surface area (Å²) in [4.78, 5) is 22.4. The lowest BCUT2D eigenvalue weighted by Gasteiger charge is -2.48. The Morgan fingerprint density at radius 2 is 2.00 bits per heavy atom. The maximum absolute atomic E-state index is 13.3. The third kappa shape index (κ3) is 2.03. The summed E-state index contributed by atoms with van der Waals surface area (Å²) in [5.41, 5.74) is 3.18. The number of nitrogens with zero attached hydrogens (tertiary/aromatic N) is 4. The van der Waals surface area contributed by atoms with Crippen molar-refractivity contribution >= 4 is 16.9 Å². The van der Waals surface area contributed by atoms with E-state index in [1.807, 2.05) is 18.5 Å². The van der Waals surface area contributed by atoms with Crippen LogP contribution in [0.25, 0.3) is 11.0 Å². The van der Waals surface area contributed by atoms with E-state index in [2.05, 4.69) is 19.4 Å². The van der Waals surface area contributed by atoms with E-state index in [0.717, 1.165) is 36.2 Å². The van der Waals surface area contributed by atoms with Crippen molar-refractivity contribution in [2.24, 2.45) is 5.92 Å². The number of carbonyl (C=O) groups excluding carboxylic acids is 1. The molecular weight excluding hydrogens is 304 g/mol. The third-order valence-electron chi connectivity index (χ3n) is 6.05. The summed E-state index contributed by atoms with van der Waals surface area (Å²) >= 11 is 0. The van der Waals surface area contributed by atoms with Gasteiger partial charge in [0.15, 0.2) is 0 Å². The van der Waals surface area contributed by atoms with Crippen LogP contribution in [0, 0.1) is 5.92 Å². The number of fused-ring (bicyclic) bond motifs is 3. The Morgan fingerprint density at radius 3 is 2.71 bits per heavy atom. The molecule has 126 valence electrons. The summed E-state index contributed by atoms with van der Waals surface area (Å²) in [5.74, 6) is 0.736. The predicted octanol–water partition coefficient (Wildman–Crippen LogP) is 1.08. The second-order valence-corrected chi connectivity index (χ2v) is 7.31. The fourth-order valence-electron chi connectivity index (χ4n) is 4.77. The first kappa shape index (κ1) is 14.4. The maximum atomic E-state index is 13.3. The van der Waals surface area contributed by atoms with Crippen LogP contribution in [0.15, 0.2) is 18.5 Å². The molecule has 24 heavy (non-hydrogen) atoms. The monoisotopic (exact) mass is 326 g/mol. The molecule has 1 aromatic heterocycles. The average Bonchev–Trinajstić information content (AvgIpc) is 2.98. The Morgan fingerprint density at radius 1 is 1.17 bits per heavy atom. The molecule has 6 heteroatoms. The lowest BCUT2D eigenvalue weighted by Crippen LogP contribution is -2.58. The van der Waals surface area contributed by atoms with Gasteiger partial charge < -0.3 is 19.5 Å². The van der Waals surface area contributed by atoms with Gasteiger partial charge in [0.05, 0.1) is 29.5 Å². The summed E-state index contributed by atoms with van der Waals surface area (Å²) < 4.78 is 2.09. The minimum absolute atomic E-state index is 0.0666. The largest absolute Gasteiger partial charge is 0.392 e. The lowest BCUT2D eigenvalue weighted by molar-refractivity contribution is 0.00725. The van der Waals surface area contributed by atoms with Crippen molar-refractivity contribution in [1.29, 1.82) is 0 Å². The summed E-state index contributed by atoms with van der Waals surface area (Å²) in [6.07, 6.45) is 4.23. The molecule has 0 saturated carbocycles. The third-order valence-corrected chi connectivity index (χ3v) is 6.05. The molecule has 3 fully saturated rings. The zero-order valence-corrected chi connectivity index (χ0v) is 13.7. The van der Waals surface area contributed by atoms with E-state index in [9.17, 15) is 9.90 Å². The van der Waals surface area contributed by atoms with Gasteiger partial charge in [0, 0.05) is 25.7 Å². The second kappa shape index (κ2) is 5.29. The second-order valence-electron chi connectivity index (χ2n) is 7.31. The molecule has 2 bridgehead atoms. The van der Waals surface area contributed by atoms with E-state index in [4.69, 9.17) is 0 Å². The van der Waals surface area contributed by atoms with Crippen LogP contribution in [-0.2, 0) is 13.2 Å². The average molecular weight is 326 g/mol. The first-order chi connectivity index (χ1) is 11.7. The topological polar surface area (TPSA) is 61.6 Å². The number of piperidine rings is 3. The fraction of sp³-hybridized carbons (Fsp3) is 0.556. The van der Waals surface area contributed by atoms with Crippen molar-refractivity contribution in [2.45, 2.75) is 32.0 Å². The van der Waals surface area contributed by atoms with Crippen LogP contribution in [0.1, 0.15) is 28.8 Å². The lowest BCUT2D eigenvalue weighted by atomic mass is 9.83. The highest BCUT2D eigenvalue weighted by Crippen LogP contribution is 2.33. The summed E-state index contributed by atoms with van der Waals surface area (Å²) in [6, 6.07) is 4.06. The Bertz CT molecular complexity index is 807. The fourth-order valence-corrected chi connectivity index (χ4v) is 4.77. The number of aliphatic hydroxyl groups is 1. The summed E-state index contributed by atoms with van der Waals surface area (Å²) in [5, 5.41) is 9.53. The summed E-state index contributed by atoms with van der Waals surface area (Å²) in [7, 11) is 0. The number of hydrogen-bond acceptors (Lipinski definition) is 4. The normalized spacial score (nSPS) is 29.3. The maximum Gasteiger partial charge on any atom is 0.256 e. The molecule has 1 N–H and O–H groups in total. The zero-order chi connectivity index (χ0) is 16.3. The first-order valence-corrected chi connectivity index (χ1v) is 8.86. The standard InChI is InChI=1S/C18H22N4O2/c23-10-12-7-14-17-15(8-12)19-11-21(17)5-6-22(18(14)24)16-9-20-3-1-13(16)2-4-20/h7-8,11,13,16,23H,1-6,9-10H2. The highest BCUT2D eigenvalue weighted by molar-refractivity contribution is 6.06. The van der Waals surface area contributed by atoms with E-state index in [1.165, 1.54) is 25.9 Å². The van der Waals surface area contributed by atoms with Gasteiger partial charge in [-0.25, -0.2) is 4.98 Å². The molecule has 5 heterocycles. The van der Waals surface area contributed by atoms with Gasteiger partial charge in [-0.15, -0.1) is 0 Å². The van der Waals surface area contributed by atoms with Gasteiger partial charge in [0.2, 0.25) is 0 Å². The number of rotatable bonds is 2. The molecule has 0 spiro atoms. The summed E-state index contributed by atoms with van der Waals surface area (Å²) in [6.45, 7) is 4.82. The van der Waals surface area contributed by atoms with Gasteiger partial charge in [-0.1, -0.05) is 0 Å². The Balaban J connectivity index is 1.58. The van der Waals surface area contributed by atoms with E-state index in [0.29, 0.717) is 17.5 Å². The van der Waals surface area contributed by atoms with Gasteiger partial charge in [0.25, 0.3) is 5.91 Å². The van der Waals surface area contributed by atoms with Crippen LogP contribution >= 0.6 is 0 Å². The van der Waals surface area contributed by atoms with Crippen molar-refractivity contribution in [2.75, 3.05) is 26.2 Å². The number of benzene rings is 1. The first-order valence-electron chi connectivity index (χ1n) is 8.86. The molecule has 4 aliphatic heterocycles. The predicted molar refractivity (Wildman–Crippen MR) is 89.6 cm³/mol. The van der Waals surface area contributed by atoms with Gasteiger partial charge >= 0.3 is 0 Å². The van der Waals surface area contributed by atoms with Crippen molar-refractivity contribution in [3.8, 4) is 0 Å². The Kier molecular flexibility index (Phi) is 3.18. The van der Waals surface area contributed by atoms with Gasteiger partial charge in [-0.2, -0.15) is 0 Å². The molecule has 6 rings (SSSR count). The molecule has 1 unspecified atom stereocenters. The highest BCUT2D eigenvalue weighted by Gasteiger charge is 2.40. The van der Waals surface area contributed by atoms with Crippen molar-refractivity contribution in [3.63, 3.8) is 0 Å². The number of hydrogen-bond donors (Lipinski definition) is 1. The smallest absolute Gasteiger partial charge is 0.256 e. The molecule has 1 amide bonds. The van der Waals surface area contributed by atoms with Gasteiger partial charge in [-0.3, -0.25) is 4.79 Å². The number of aliphatic hydroxyl groups excluding tert-OH is 1. The van der Waals surface area contributed by atoms with Crippen LogP contribution in [-0.4, -0.2) is 62.6 Å². The SMILES string of the molecule is O=C1c2cc(CO)cc3ncn(c23)CCN1C1CN2CCC1CC2. The molecule has 0 radical (unpaired) electrons. The van der Waals surface area contributed by atoms with Crippen LogP contribution in [0.4, 0.5) is 0 Å². The number of aromatic nitrogens is 2. The molecule has 1 aromatic carbocycles. The van der Waals surface area contributed by atoms with E-state index in [-0.39, 0.29) is 12.5 Å². The van der Waals surface area contributed by atoms with Crippen LogP contribution in [0.3, 0.4) is 0 Å². The van der Waals surface area contributed by atoms with Crippen LogP contribution < -0.4 is 0 Å². The molecule has 2 aromatic rings. The molecular formula is C18H22N4O2. The molecule has 0 aliphatic carbocycles.